The molecule has 0 saturated carbocycles. The molecular weight excluding hydrogens is 357 g/mol. The number of piperazine rings is 1. The number of amides is 1. The minimum absolute atomic E-state index is 0.0972. The lowest BCUT2D eigenvalue weighted by Crippen LogP contribution is -2.49. The Morgan fingerprint density at radius 3 is 2.61 bits per heavy atom. The fourth-order valence-electron chi connectivity index (χ4n) is 3.88. The molecule has 0 atom stereocenters. The summed E-state index contributed by atoms with van der Waals surface area (Å²) in [5.74, 6) is 0.657. The lowest BCUT2D eigenvalue weighted by molar-refractivity contribution is -0.130. The highest BCUT2D eigenvalue weighted by molar-refractivity contribution is 5.91. The number of carbonyl (C=O) groups excluding carboxylic acids is 1. The summed E-state index contributed by atoms with van der Waals surface area (Å²) in [5.41, 5.74) is 3.62. The summed E-state index contributed by atoms with van der Waals surface area (Å²) in [6.45, 7) is 4.45. The standard InChI is InChI=1S/C22H24FN3O2/c1-15-17(18-13-16(28-2)7-8-20(18)24-15)14-22(27)26-11-9-25(10-12-26)21-6-4-3-5-19(21)23/h3-8,13,24H,9-12,14H2,1-2H3. The van der Waals surface area contributed by atoms with Gasteiger partial charge in [-0.1, -0.05) is 12.1 Å². The molecule has 146 valence electrons. The lowest BCUT2D eigenvalue weighted by Gasteiger charge is -2.36. The van der Waals surface area contributed by atoms with Crippen molar-refractivity contribution in [1.29, 1.82) is 0 Å². The van der Waals surface area contributed by atoms with Crippen LogP contribution in [0.25, 0.3) is 10.9 Å². The van der Waals surface area contributed by atoms with E-state index < -0.39 is 0 Å². The summed E-state index contributed by atoms with van der Waals surface area (Å²) in [7, 11) is 1.64. The van der Waals surface area contributed by atoms with Gasteiger partial charge in [-0.05, 0) is 42.8 Å². The first kappa shape index (κ1) is 18.3. The number of benzene rings is 2. The minimum Gasteiger partial charge on any atom is -0.497 e. The van der Waals surface area contributed by atoms with Crippen LogP contribution in [0.15, 0.2) is 42.5 Å². The molecule has 2 heterocycles. The molecule has 2 aromatic carbocycles. The number of rotatable bonds is 4. The first-order chi connectivity index (χ1) is 13.6. The summed E-state index contributed by atoms with van der Waals surface area (Å²) in [6.07, 6.45) is 0.346. The zero-order valence-electron chi connectivity index (χ0n) is 16.2. The molecular formula is C22H24FN3O2. The maximum Gasteiger partial charge on any atom is 0.227 e. The third-order valence-electron chi connectivity index (χ3n) is 5.48. The van der Waals surface area contributed by atoms with Crippen LogP contribution in [0.1, 0.15) is 11.3 Å². The summed E-state index contributed by atoms with van der Waals surface area (Å²) in [4.78, 5) is 20.1. The van der Waals surface area contributed by atoms with E-state index in [9.17, 15) is 9.18 Å². The predicted octanol–water partition coefficient (Wildman–Crippen LogP) is 3.52. The van der Waals surface area contributed by atoms with Gasteiger partial charge in [0.25, 0.3) is 0 Å². The Morgan fingerprint density at radius 1 is 1.14 bits per heavy atom. The normalized spacial score (nSPS) is 14.5. The number of ether oxygens (including phenoxy) is 1. The molecule has 28 heavy (non-hydrogen) atoms. The van der Waals surface area contributed by atoms with Crippen molar-refractivity contribution in [2.24, 2.45) is 0 Å². The minimum atomic E-state index is -0.217. The first-order valence-electron chi connectivity index (χ1n) is 9.49. The highest BCUT2D eigenvalue weighted by atomic mass is 19.1. The van der Waals surface area contributed by atoms with Crippen LogP contribution in [-0.2, 0) is 11.2 Å². The molecule has 6 heteroatoms. The van der Waals surface area contributed by atoms with E-state index in [0.717, 1.165) is 27.9 Å². The molecule has 1 aliphatic heterocycles. The van der Waals surface area contributed by atoms with Gasteiger partial charge in [0.05, 0.1) is 19.2 Å². The Labute approximate surface area is 163 Å². The van der Waals surface area contributed by atoms with Crippen molar-refractivity contribution in [2.75, 3.05) is 38.2 Å². The van der Waals surface area contributed by atoms with Crippen LogP contribution in [-0.4, -0.2) is 49.1 Å². The highest BCUT2D eigenvalue weighted by Crippen LogP contribution is 2.27. The van der Waals surface area contributed by atoms with Gasteiger partial charge < -0.3 is 19.5 Å². The summed E-state index contributed by atoms with van der Waals surface area (Å²) >= 11 is 0. The Hall–Kier alpha value is -3.02. The molecule has 5 nitrogen and oxygen atoms in total. The van der Waals surface area contributed by atoms with Gasteiger partial charge in [-0.3, -0.25) is 4.79 Å². The number of nitrogens with one attached hydrogen (secondary N) is 1. The topological polar surface area (TPSA) is 48.6 Å². The van der Waals surface area contributed by atoms with Crippen molar-refractivity contribution in [3.8, 4) is 5.75 Å². The van der Waals surface area contributed by atoms with Crippen LogP contribution >= 0.6 is 0 Å². The predicted molar refractivity (Wildman–Crippen MR) is 108 cm³/mol. The monoisotopic (exact) mass is 381 g/mol. The number of carbonyl (C=O) groups is 1. The Balaban J connectivity index is 1.46. The van der Waals surface area contributed by atoms with E-state index in [1.807, 2.05) is 41.0 Å². The van der Waals surface area contributed by atoms with E-state index >= 15 is 0 Å². The molecule has 3 aromatic rings. The molecule has 0 bridgehead atoms. The van der Waals surface area contributed by atoms with Crippen molar-refractivity contribution >= 4 is 22.5 Å². The van der Waals surface area contributed by atoms with Crippen LogP contribution in [0.2, 0.25) is 0 Å². The van der Waals surface area contributed by atoms with Crippen molar-refractivity contribution in [3.05, 3.63) is 59.5 Å². The van der Waals surface area contributed by atoms with Gasteiger partial charge in [-0.2, -0.15) is 0 Å². The second-order valence-electron chi connectivity index (χ2n) is 7.14. The SMILES string of the molecule is COc1ccc2[nH]c(C)c(CC(=O)N3CCN(c4ccccc4F)CC3)c2c1. The quantitative estimate of drug-likeness (QED) is 0.752. The number of nitrogens with zero attached hydrogens (tertiary/aromatic N) is 2. The number of aryl methyl sites for hydroxylation is 1. The average molecular weight is 381 g/mol. The highest BCUT2D eigenvalue weighted by Gasteiger charge is 2.24. The number of fused-ring (bicyclic) bond motifs is 1. The fourth-order valence-corrected chi connectivity index (χ4v) is 3.88. The largest absolute Gasteiger partial charge is 0.497 e. The van der Waals surface area contributed by atoms with E-state index in [0.29, 0.717) is 38.3 Å². The van der Waals surface area contributed by atoms with Crippen molar-refractivity contribution in [3.63, 3.8) is 0 Å². The van der Waals surface area contributed by atoms with Gasteiger partial charge in [0.2, 0.25) is 5.91 Å². The number of H-pyrrole nitrogens is 1. The van der Waals surface area contributed by atoms with Crippen LogP contribution < -0.4 is 9.64 Å². The van der Waals surface area contributed by atoms with Crippen LogP contribution in [0.4, 0.5) is 10.1 Å². The second-order valence-corrected chi connectivity index (χ2v) is 7.14. The molecule has 1 N–H and O–H groups in total. The van der Waals surface area contributed by atoms with Crippen LogP contribution in [0, 0.1) is 12.7 Å². The first-order valence-corrected chi connectivity index (χ1v) is 9.49. The number of hydrogen-bond acceptors (Lipinski definition) is 3. The third-order valence-corrected chi connectivity index (χ3v) is 5.48. The molecule has 1 amide bonds. The van der Waals surface area contributed by atoms with Crippen molar-refractivity contribution in [1.82, 2.24) is 9.88 Å². The Kier molecular flexibility index (Phi) is 4.94. The number of aromatic amines is 1. The number of hydrogen-bond donors (Lipinski definition) is 1. The van der Waals surface area contributed by atoms with Gasteiger partial charge >= 0.3 is 0 Å². The number of halogens is 1. The number of para-hydroxylation sites is 1. The maximum atomic E-state index is 14.0. The molecule has 0 spiro atoms. The van der Waals surface area contributed by atoms with E-state index in [4.69, 9.17) is 4.74 Å². The Morgan fingerprint density at radius 2 is 1.89 bits per heavy atom. The zero-order chi connectivity index (χ0) is 19.7. The second kappa shape index (κ2) is 7.54. The maximum absolute atomic E-state index is 14.0. The fraction of sp³-hybridized carbons (Fsp3) is 0.318. The zero-order valence-corrected chi connectivity index (χ0v) is 16.2. The molecule has 1 saturated heterocycles. The summed E-state index contributed by atoms with van der Waals surface area (Å²) < 4.78 is 19.3. The third kappa shape index (κ3) is 3.42. The van der Waals surface area contributed by atoms with E-state index in [1.165, 1.54) is 6.07 Å². The van der Waals surface area contributed by atoms with E-state index in [-0.39, 0.29) is 11.7 Å². The molecule has 1 aliphatic rings. The van der Waals surface area contributed by atoms with Crippen LogP contribution in [0.5, 0.6) is 5.75 Å². The van der Waals surface area contributed by atoms with Gasteiger partial charge in [-0.25, -0.2) is 4.39 Å². The van der Waals surface area contributed by atoms with Crippen molar-refractivity contribution < 1.29 is 13.9 Å². The van der Waals surface area contributed by atoms with Gasteiger partial charge in [-0.15, -0.1) is 0 Å². The van der Waals surface area contributed by atoms with Gasteiger partial charge in [0.15, 0.2) is 0 Å². The van der Waals surface area contributed by atoms with Crippen LogP contribution in [0.3, 0.4) is 0 Å². The smallest absolute Gasteiger partial charge is 0.227 e. The average Bonchev–Trinajstić information content (AvgIpc) is 3.03. The summed E-state index contributed by atoms with van der Waals surface area (Å²) in [5, 5.41) is 1.02. The molecule has 0 aliphatic carbocycles. The van der Waals surface area contributed by atoms with Crippen molar-refractivity contribution in [2.45, 2.75) is 13.3 Å². The molecule has 1 aromatic heterocycles. The molecule has 0 unspecified atom stereocenters. The molecule has 4 rings (SSSR count). The van der Waals surface area contributed by atoms with E-state index in [1.54, 1.807) is 19.2 Å². The van der Waals surface area contributed by atoms with Gasteiger partial charge in [0, 0.05) is 42.8 Å². The number of methoxy groups -OCH3 is 1. The molecule has 0 radical (unpaired) electrons. The summed E-state index contributed by atoms with van der Waals surface area (Å²) in [6, 6.07) is 12.6. The van der Waals surface area contributed by atoms with E-state index in [2.05, 4.69) is 4.98 Å². The molecule has 1 fully saturated rings. The Bertz CT molecular complexity index is 1010. The van der Waals surface area contributed by atoms with Gasteiger partial charge in [0.1, 0.15) is 11.6 Å². The number of anilines is 1. The number of aromatic nitrogens is 1. The lowest BCUT2D eigenvalue weighted by atomic mass is 10.1.